The first kappa shape index (κ1) is 18.3. The van der Waals surface area contributed by atoms with Crippen LogP contribution in [0.15, 0.2) is 36.5 Å². The fraction of sp³-hybridized carbons (Fsp3) is 0.450. The summed E-state index contributed by atoms with van der Waals surface area (Å²) in [5.41, 5.74) is 0.390. The van der Waals surface area contributed by atoms with Gasteiger partial charge in [0.25, 0.3) is 0 Å². The molecule has 0 aliphatic carbocycles. The normalized spacial score (nSPS) is 15.3. The number of benzene rings is 1. The van der Waals surface area contributed by atoms with Crippen molar-refractivity contribution in [3.8, 4) is 11.4 Å². The van der Waals surface area contributed by atoms with Gasteiger partial charge in [-0.25, -0.2) is 14.4 Å². The number of aromatic nitrogens is 2. The molecule has 0 spiro atoms. The Hall–Kier alpha value is -2.50. The molecule has 6 heteroatoms. The lowest BCUT2D eigenvalue weighted by molar-refractivity contribution is -0.150. The molecule has 5 nitrogen and oxygen atoms in total. The van der Waals surface area contributed by atoms with Gasteiger partial charge in [0.05, 0.1) is 18.1 Å². The van der Waals surface area contributed by atoms with Crippen molar-refractivity contribution < 1.29 is 13.9 Å². The molecule has 3 rings (SSSR count). The van der Waals surface area contributed by atoms with E-state index in [1.807, 2.05) is 19.9 Å². The van der Waals surface area contributed by atoms with E-state index in [0.29, 0.717) is 23.9 Å². The second-order valence-electron chi connectivity index (χ2n) is 7.00. The average Bonchev–Trinajstić information content (AvgIpc) is 2.66. The van der Waals surface area contributed by atoms with Gasteiger partial charge in [-0.15, -0.1) is 0 Å². The van der Waals surface area contributed by atoms with E-state index < -0.39 is 0 Å². The Bertz CT molecular complexity index is 758. The summed E-state index contributed by atoms with van der Waals surface area (Å²) in [6, 6.07) is 8.31. The van der Waals surface area contributed by atoms with Crippen molar-refractivity contribution in [3.05, 3.63) is 42.3 Å². The summed E-state index contributed by atoms with van der Waals surface area (Å²) >= 11 is 0. The highest BCUT2D eigenvalue weighted by molar-refractivity contribution is 5.73. The van der Waals surface area contributed by atoms with Gasteiger partial charge >= 0.3 is 5.97 Å². The summed E-state index contributed by atoms with van der Waals surface area (Å²) < 4.78 is 19.3. The van der Waals surface area contributed by atoms with Gasteiger partial charge in [0.1, 0.15) is 11.6 Å². The quantitative estimate of drug-likeness (QED) is 0.764. The zero-order valence-electron chi connectivity index (χ0n) is 15.2. The van der Waals surface area contributed by atoms with Gasteiger partial charge in [-0.3, -0.25) is 4.79 Å². The van der Waals surface area contributed by atoms with Gasteiger partial charge in [0.15, 0.2) is 5.82 Å². The van der Waals surface area contributed by atoms with Crippen LogP contribution in [0.5, 0.6) is 0 Å². The van der Waals surface area contributed by atoms with Crippen LogP contribution in [0.1, 0.15) is 26.7 Å². The molecule has 1 fully saturated rings. The monoisotopic (exact) mass is 357 g/mol. The van der Waals surface area contributed by atoms with Crippen LogP contribution in [0.2, 0.25) is 0 Å². The predicted octanol–water partition coefficient (Wildman–Crippen LogP) is 3.70. The second-order valence-corrected chi connectivity index (χ2v) is 7.00. The molecule has 0 N–H and O–H groups in total. The van der Waals surface area contributed by atoms with Crippen molar-refractivity contribution in [2.24, 2.45) is 11.8 Å². The summed E-state index contributed by atoms with van der Waals surface area (Å²) in [6.45, 7) is 5.96. The Morgan fingerprint density at radius 3 is 2.69 bits per heavy atom. The molecule has 0 saturated carbocycles. The Morgan fingerprint density at radius 2 is 2.00 bits per heavy atom. The lowest BCUT2D eigenvalue weighted by Crippen LogP contribution is -2.37. The number of piperidine rings is 1. The highest BCUT2D eigenvalue weighted by Crippen LogP contribution is 2.25. The molecular formula is C20H24FN3O2. The van der Waals surface area contributed by atoms with E-state index in [9.17, 15) is 9.18 Å². The Morgan fingerprint density at radius 1 is 1.27 bits per heavy atom. The Balaban J connectivity index is 1.64. The van der Waals surface area contributed by atoms with Crippen molar-refractivity contribution in [3.63, 3.8) is 0 Å². The largest absolute Gasteiger partial charge is 0.465 e. The van der Waals surface area contributed by atoms with E-state index in [-0.39, 0.29) is 17.7 Å². The smallest absolute Gasteiger partial charge is 0.309 e. The SMILES string of the molecule is CC(C)COC(=O)C1CCN(c2ccnc(-c3ccccc3F)n2)CC1. The lowest BCUT2D eigenvalue weighted by Gasteiger charge is -2.31. The standard InChI is InChI=1S/C20H24FN3O2/c1-14(2)13-26-20(25)15-8-11-24(12-9-15)18-7-10-22-19(23-18)16-5-3-4-6-17(16)21/h3-7,10,14-15H,8-9,11-13H2,1-2H3. The Kier molecular flexibility index (Phi) is 5.81. The maximum atomic E-state index is 14.0. The third-order valence-corrected chi connectivity index (χ3v) is 4.47. The number of esters is 1. The molecule has 0 bridgehead atoms. The first-order valence-electron chi connectivity index (χ1n) is 9.04. The number of ether oxygens (including phenoxy) is 1. The summed E-state index contributed by atoms with van der Waals surface area (Å²) in [4.78, 5) is 22.9. The van der Waals surface area contributed by atoms with Crippen molar-refractivity contribution >= 4 is 11.8 Å². The minimum Gasteiger partial charge on any atom is -0.465 e. The van der Waals surface area contributed by atoms with Crippen LogP contribution in [0.3, 0.4) is 0 Å². The molecule has 0 radical (unpaired) electrons. The molecular weight excluding hydrogens is 333 g/mol. The van der Waals surface area contributed by atoms with Crippen LogP contribution < -0.4 is 4.90 Å². The molecule has 138 valence electrons. The third-order valence-electron chi connectivity index (χ3n) is 4.47. The van der Waals surface area contributed by atoms with Gasteiger partial charge in [0, 0.05) is 19.3 Å². The zero-order valence-corrected chi connectivity index (χ0v) is 15.2. The van der Waals surface area contributed by atoms with Crippen LogP contribution >= 0.6 is 0 Å². The second kappa shape index (κ2) is 8.25. The van der Waals surface area contributed by atoms with Crippen LogP contribution in [-0.4, -0.2) is 35.6 Å². The minimum absolute atomic E-state index is 0.0575. The lowest BCUT2D eigenvalue weighted by atomic mass is 9.97. The summed E-state index contributed by atoms with van der Waals surface area (Å²) in [6.07, 6.45) is 3.11. The Labute approximate surface area is 153 Å². The van der Waals surface area contributed by atoms with Crippen LogP contribution in [-0.2, 0) is 9.53 Å². The molecule has 2 aromatic rings. The van der Waals surface area contributed by atoms with Crippen molar-refractivity contribution in [1.29, 1.82) is 0 Å². The molecule has 2 heterocycles. The molecule has 1 saturated heterocycles. The molecule has 0 amide bonds. The van der Waals surface area contributed by atoms with Gasteiger partial charge in [-0.05, 0) is 37.0 Å². The molecule has 1 aromatic carbocycles. The summed E-state index contributed by atoms with van der Waals surface area (Å²) in [5, 5.41) is 0. The first-order valence-corrected chi connectivity index (χ1v) is 9.04. The average molecular weight is 357 g/mol. The number of carbonyl (C=O) groups excluding carboxylic acids is 1. The summed E-state index contributed by atoms with van der Waals surface area (Å²) in [5.74, 6) is 0.977. The highest BCUT2D eigenvalue weighted by atomic mass is 19.1. The number of rotatable bonds is 5. The number of anilines is 1. The number of nitrogens with zero attached hydrogens (tertiary/aromatic N) is 3. The topological polar surface area (TPSA) is 55.3 Å². The molecule has 0 atom stereocenters. The van der Waals surface area contributed by atoms with Gasteiger partial charge in [-0.2, -0.15) is 0 Å². The van der Waals surface area contributed by atoms with Crippen LogP contribution in [0.4, 0.5) is 10.2 Å². The molecule has 1 aliphatic heterocycles. The van der Waals surface area contributed by atoms with E-state index in [0.717, 1.165) is 31.7 Å². The number of carbonyl (C=O) groups is 1. The number of hydrogen-bond acceptors (Lipinski definition) is 5. The van der Waals surface area contributed by atoms with E-state index in [2.05, 4.69) is 14.9 Å². The fourth-order valence-corrected chi connectivity index (χ4v) is 3.01. The van der Waals surface area contributed by atoms with Crippen LogP contribution in [0, 0.1) is 17.7 Å². The van der Waals surface area contributed by atoms with E-state index in [1.54, 1.807) is 24.4 Å². The van der Waals surface area contributed by atoms with Gasteiger partial charge < -0.3 is 9.64 Å². The first-order chi connectivity index (χ1) is 12.5. The molecule has 1 aliphatic rings. The van der Waals surface area contributed by atoms with Crippen molar-refractivity contribution in [2.75, 3.05) is 24.6 Å². The minimum atomic E-state index is -0.337. The highest BCUT2D eigenvalue weighted by Gasteiger charge is 2.27. The van der Waals surface area contributed by atoms with Crippen molar-refractivity contribution in [2.45, 2.75) is 26.7 Å². The number of hydrogen-bond donors (Lipinski definition) is 0. The van der Waals surface area contributed by atoms with E-state index >= 15 is 0 Å². The van der Waals surface area contributed by atoms with Crippen LogP contribution in [0.25, 0.3) is 11.4 Å². The van der Waals surface area contributed by atoms with E-state index in [1.165, 1.54) is 6.07 Å². The maximum Gasteiger partial charge on any atom is 0.309 e. The molecule has 0 unspecified atom stereocenters. The van der Waals surface area contributed by atoms with Gasteiger partial charge in [-0.1, -0.05) is 26.0 Å². The third kappa shape index (κ3) is 4.36. The predicted molar refractivity (Wildman–Crippen MR) is 98.2 cm³/mol. The van der Waals surface area contributed by atoms with Crippen molar-refractivity contribution in [1.82, 2.24) is 9.97 Å². The fourth-order valence-electron chi connectivity index (χ4n) is 3.01. The summed E-state index contributed by atoms with van der Waals surface area (Å²) in [7, 11) is 0. The number of halogens is 1. The van der Waals surface area contributed by atoms with E-state index in [4.69, 9.17) is 4.74 Å². The van der Waals surface area contributed by atoms with Gasteiger partial charge in [0.2, 0.25) is 0 Å². The molecule has 1 aromatic heterocycles. The zero-order chi connectivity index (χ0) is 18.5. The maximum absolute atomic E-state index is 14.0. The molecule has 26 heavy (non-hydrogen) atoms.